The second-order valence-corrected chi connectivity index (χ2v) is 7.94. The number of aromatic nitrogens is 2. The molecule has 0 atom stereocenters. The molecule has 0 radical (unpaired) electrons. The number of para-hydroxylation sites is 2. The smallest absolute Gasteiger partial charge is 0.341 e. The van der Waals surface area contributed by atoms with E-state index in [1.807, 2.05) is 31.2 Å². The van der Waals surface area contributed by atoms with E-state index in [9.17, 15) is 9.59 Å². The first kappa shape index (κ1) is 19.4. The lowest BCUT2D eigenvalue weighted by Gasteiger charge is -2.13. The number of thiazole rings is 1. The lowest BCUT2D eigenvalue weighted by Crippen LogP contribution is -2.22. The zero-order chi connectivity index (χ0) is 20.5. The van der Waals surface area contributed by atoms with Gasteiger partial charge in [-0.3, -0.25) is 4.79 Å². The van der Waals surface area contributed by atoms with Gasteiger partial charge in [0.05, 0.1) is 26.6 Å². The molecule has 9 heteroatoms. The van der Waals surface area contributed by atoms with E-state index in [2.05, 4.69) is 20.9 Å². The van der Waals surface area contributed by atoms with E-state index >= 15 is 0 Å². The van der Waals surface area contributed by atoms with Crippen LogP contribution >= 0.6 is 27.3 Å². The number of ether oxygens (including phenoxy) is 2. The quantitative estimate of drug-likeness (QED) is 0.461. The zero-order valence-electron chi connectivity index (χ0n) is 15.2. The van der Waals surface area contributed by atoms with Crippen molar-refractivity contribution in [2.45, 2.75) is 6.92 Å². The fourth-order valence-electron chi connectivity index (χ4n) is 2.97. The second kappa shape index (κ2) is 7.84. The Bertz CT molecular complexity index is 1340. The van der Waals surface area contributed by atoms with Gasteiger partial charge >= 0.3 is 5.97 Å². The van der Waals surface area contributed by atoms with Crippen LogP contribution in [-0.2, 0) is 4.79 Å². The second-order valence-electron chi connectivity index (χ2n) is 6.08. The SMILES string of the molecule is CCOc1cc(C=c2sc3nc4ccccc4n3c2=O)cc(Br)c1OCC(=O)O. The molecule has 4 aromatic rings. The summed E-state index contributed by atoms with van der Waals surface area (Å²) in [4.78, 5) is 28.9. The highest BCUT2D eigenvalue weighted by Crippen LogP contribution is 2.37. The summed E-state index contributed by atoms with van der Waals surface area (Å²) in [5, 5.41) is 8.86. The van der Waals surface area contributed by atoms with Crippen LogP contribution < -0.4 is 19.6 Å². The summed E-state index contributed by atoms with van der Waals surface area (Å²) in [5.74, 6) is -0.380. The van der Waals surface area contributed by atoms with E-state index in [0.717, 1.165) is 11.0 Å². The number of carbonyl (C=O) groups is 1. The molecule has 2 heterocycles. The zero-order valence-corrected chi connectivity index (χ0v) is 17.6. The maximum absolute atomic E-state index is 12.9. The topological polar surface area (TPSA) is 90.1 Å². The van der Waals surface area contributed by atoms with Crippen molar-refractivity contribution in [3.05, 3.63) is 61.3 Å². The van der Waals surface area contributed by atoms with Crippen molar-refractivity contribution in [3.8, 4) is 11.5 Å². The van der Waals surface area contributed by atoms with Crippen molar-refractivity contribution < 1.29 is 19.4 Å². The molecule has 148 valence electrons. The summed E-state index contributed by atoms with van der Waals surface area (Å²) in [6, 6.07) is 11.0. The summed E-state index contributed by atoms with van der Waals surface area (Å²) < 4.78 is 13.6. The molecule has 29 heavy (non-hydrogen) atoms. The number of rotatable bonds is 6. The van der Waals surface area contributed by atoms with E-state index in [0.29, 0.717) is 37.6 Å². The Morgan fingerprint density at radius 3 is 2.86 bits per heavy atom. The van der Waals surface area contributed by atoms with Gasteiger partial charge in [-0.1, -0.05) is 23.5 Å². The molecule has 0 spiro atoms. The highest BCUT2D eigenvalue weighted by Gasteiger charge is 2.14. The van der Waals surface area contributed by atoms with Gasteiger partial charge in [0.2, 0.25) is 0 Å². The first-order chi connectivity index (χ1) is 14.0. The van der Waals surface area contributed by atoms with Crippen LogP contribution in [0, 0.1) is 0 Å². The van der Waals surface area contributed by atoms with Crippen LogP contribution in [0.25, 0.3) is 22.1 Å². The average molecular weight is 475 g/mol. The minimum Gasteiger partial charge on any atom is -0.490 e. The largest absolute Gasteiger partial charge is 0.490 e. The van der Waals surface area contributed by atoms with Crippen molar-refractivity contribution >= 4 is 55.3 Å². The molecule has 1 N–H and O–H groups in total. The number of nitrogens with zero attached hydrogens (tertiary/aromatic N) is 2. The molecule has 0 saturated carbocycles. The van der Waals surface area contributed by atoms with Crippen molar-refractivity contribution in [2.75, 3.05) is 13.2 Å². The molecule has 0 aliphatic heterocycles. The predicted molar refractivity (Wildman–Crippen MR) is 114 cm³/mol. The van der Waals surface area contributed by atoms with Gasteiger partial charge in [0.15, 0.2) is 23.1 Å². The first-order valence-corrected chi connectivity index (χ1v) is 10.3. The fourth-order valence-corrected chi connectivity index (χ4v) is 4.53. The third kappa shape index (κ3) is 3.70. The van der Waals surface area contributed by atoms with Gasteiger partial charge in [-0.05, 0) is 58.8 Å². The van der Waals surface area contributed by atoms with Crippen LogP contribution in [-0.4, -0.2) is 33.7 Å². The third-order valence-corrected chi connectivity index (χ3v) is 5.67. The molecular formula is C20H15BrN2O5S. The molecule has 0 aliphatic carbocycles. The van der Waals surface area contributed by atoms with Crippen LogP contribution in [0.2, 0.25) is 0 Å². The van der Waals surface area contributed by atoms with E-state index in [1.54, 1.807) is 22.6 Å². The molecule has 0 aliphatic rings. The molecule has 0 fully saturated rings. The number of hydrogen-bond donors (Lipinski definition) is 1. The summed E-state index contributed by atoms with van der Waals surface area (Å²) in [5.41, 5.74) is 2.13. The molecule has 7 nitrogen and oxygen atoms in total. The number of carboxylic acids is 1. The van der Waals surface area contributed by atoms with Gasteiger partial charge in [0.1, 0.15) is 0 Å². The van der Waals surface area contributed by atoms with E-state index < -0.39 is 12.6 Å². The van der Waals surface area contributed by atoms with Crippen molar-refractivity contribution in [3.63, 3.8) is 0 Å². The number of hydrogen-bond acceptors (Lipinski definition) is 6. The molecule has 0 amide bonds. The highest BCUT2D eigenvalue weighted by molar-refractivity contribution is 9.10. The van der Waals surface area contributed by atoms with E-state index in [1.165, 1.54) is 11.3 Å². The van der Waals surface area contributed by atoms with Crippen LogP contribution in [0.4, 0.5) is 0 Å². The summed E-state index contributed by atoms with van der Waals surface area (Å²) in [6.07, 6.45) is 1.75. The minimum absolute atomic E-state index is 0.140. The third-order valence-electron chi connectivity index (χ3n) is 4.11. The van der Waals surface area contributed by atoms with Crippen molar-refractivity contribution in [1.82, 2.24) is 9.38 Å². The number of halogens is 1. The van der Waals surface area contributed by atoms with Gasteiger partial charge < -0.3 is 14.6 Å². The maximum Gasteiger partial charge on any atom is 0.341 e. The summed E-state index contributed by atoms with van der Waals surface area (Å²) in [7, 11) is 0. The Hall–Kier alpha value is -2.91. The van der Waals surface area contributed by atoms with Crippen molar-refractivity contribution in [1.29, 1.82) is 0 Å². The maximum atomic E-state index is 12.9. The van der Waals surface area contributed by atoms with E-state index in [4.69, 9.17) is 14.6 Å². The minimum atomic E-state index is -1.08. The average Bonchev–Trinajstić information content (AvgIpc) is 3.17. The number of aliphatic carboxylic acids is 1. The Kier molecular flexibility index (Phi) is 5.25. The molecule has 0 unspecified atom stereocenters. The van der Waals surface area contributed by atoms with E-state index in [-0.39, 0.29) is 5.56 Å². The molecule has 4 rings (SSSR count). The van der Waals surface area contributed by atoms with Crippen LogP contribution in [0.15, 0.2) is 45.7 Å². The van der Waals surface area contributed by atoms with Crippen LogP contribution in [0.1, 0.15) is 12.5 Å². The standard InChI is InChI=1S/C20H15BrN2O5S/c1-2-27-15-8-11(7-12(21)18(15)28-10-17(24)25)9-16-19(26)23-14-6-4-3-5-13(14)22-20(23)29-16/h3-9H,2,10H2,1H3,(H,24,25). The lowest BCUT2D eigenvalue weighted by atomic mass is 10.2. The monoisotopic (exact) mass is 474 g/mol. The molecule has 0 saturated heterocycles. The van der Waals surface area contributed by atoms with Crippen LogP contribution in [0.3, 0.4) is 0 Å². The fraction of sp³-hybridized carbons (Fsp3) is 0.150. The lowest BCUT2D eigenvalue weighted by molar-refractivity contribution is -0.139. The van der Waals surface area contributed by atoms with Gasteiger partial charge in [-0.15, -0.1) is 0 Å². The van der Waals surface area contributed by atoms with Crippen molar-refractivity contribution in [2.24, 2.45) is 0 Å². The summed E-state index contributed by atoms with van der Waals surface area (Å²) in [6.45, 7) is 1.72. The van der Waals surface area contributed by atoms with Gasteiger partial charge in [-0.25, -0.2) is 14.2 Å². The van der Waals surface area contributed by atoms with Gasteiger partial charge in [0, 0.05) is 0 Å². The first-order valence-electron chi connectivity index (χ1n) is 8.70. The number of fused-ring (bicyclic) bond motifs is 3. The Balaban J connectivity index is 1.82. The number of benzene rings is 2. The molecular weight excluding hydrogens is 460 g/mol. The van der Waals surface area contributed by atoms with Gasteiger partial charge in [0.25, 0.3) is 5.56 Å². The number of carboxylic acid groups (broad SMARTS) is 1. The summed E-state index contributed by atoms with van der Waals surface area (Å²) >= 11 is 4.71. The Labute approximate surface area is 176 Å². The normalized spacial score (nSPS) is 12.0. The number of imidazole rings is 1. The Morgan fingerprint density at radius 2 is 2.10 bits per heavy atom. The molecule has 2 aromatic heterocycles. The van der Waals surface area contributed by atoms with Crippen LogP contribution in [0.5, 0.6) is 11.5 Å². The molecule has 2 aromatic carbocycles. The highest BCUT2D eigenvalue weighted by atomic mass is 79.9. The molecule has 0 bridgehead atoms. The Morgan fingerprint density at radius 1 is 1.31 bits per heavy atom. The van der Waals surface area contributed by atoms with Gasteiger partial charge in [-0.2, -0.15) is 0 Å². The predicted octanol–water partition coefficient (Wildman–Crippen LogP) is 3.08.